The minimum absolute atomic E-state index is 0.0360. The highest BCUT2D eigenvalue weighted by atomic mass is 16.5. The van der Waals surface area contributed by atoms with Gasteiger partial charge in [0, 0.05) is 24.7 Å². The van der Waals surface area contributed by atoms with E-state index in [1.54, 1.807) is 18.2 Å². The van der Waals surface area contributed by atoms with E-state index in [1.165, 1.54) is 19.3 Å². The molecule has 1 saturated carbocycles. The smallest absolute Gasteiger partial charge is 0.230 e. The van der Waals surface area contributed by atoms with Crippen LogP contribution in [0.5, 0.6) is 5.75 Å². The van der Waals surface area contributed by atoms with Crippen LogP contribution >= 0.6 is 0 Å². The van der Waals surface area contributed by atoms with E-state index in [1.807, 2.05) is 35.0 Å². The zero-order valence-electron chi connectivity index (χ0n) is 16.1. The number of aromatic nitrogens is 2. The molecule has 2 amide bonds. The summed E-state index contributed by atoms with van der Waals surface area (Å²) >= 11 is 0. The minimum atomic E-state index is -0.371. The van der Waals surface area contributed by atoms with E-state index in [2.05, 4.69) is 10.4 Å². The number of ether oxygens (including phenoxy) is 1. The van der Waals surface area contributed by atoms with E-state index < -0.39 is 0 Å². The minimum Gasteiger partial charge on any atom is -0.497 e. The van der Waals surface area contributed by atoms with Gasteiger partial charge in [-0.1, -0.05) is 19.3 Å². The molecule has 2 aromatic rings. The maximum absolute atomic E-state index is 12.8. The van der Waals surface area contributed by atoms with Gasteiger partial charge in [-0.3, -0.25) is 9.59 Å². The van der Waals surface area contributed by atoms with Gasteiger partial charge in [0.2, 0.25) is 11.8 Å². The number of nitrogens with zero attached hydrogens (tertiary/aromatic N) is 3. The summed E-state index contributed by atoms with van der Waals surface area (Å²) in [6.45, 7) is 0.383. The number of hydrogen-bond donors (Lipinski definition) is 1. The second-order valence-corrected chi connectivity index (χ2v) is 7.55. The Bertz CT molecular complexity index is 840. The van der Waals surface area contributed by atoms with Crippen molar-refractivity contribution in [2.75, 3.05) is 23.9 Å². The van der Waals surface area contributed by atoms with Crippen LogP contribution in [0.15, 0.2) is 36.5 Å². The van der Waals surface area contributed by atoms with Gasteiger partial charge >= 0.3 is 0 Å². The monoisotopic (exact) mass is 382 g/mol. The third-order valence-corrected chi connectivity index (χ3v) is 5.72. The molecular formula is C21H26N4O3. The van der Waals surface area contributed by atoms with Crippen LogP contribution in [-0.4, -0.2) is 35.2 Å². The summed E-state index contributed by atoms with van der Waals surface area (Å²) < 4.78 is 7.10. The van der Waals surface area contributed by atoms with Crippen LogP contribution in [0.25, 0.3) is 0 Å². The van der Waals surface area contributed by atoms with Crippen molar-refractivity contribution < 1.29 is 14.3 Å². The van der Waals surface area contributed by atoms with Gasteiger partial charge in [-0.05, 0) is 37.1 Å². The van der Waals surface area contributed by atoms with Crippen LogP contribution in [-0.2, 0) is 9.59 Å². The molecule has 1 N–H and O–H groups in total. The van der Waals surface area contributed by atoms with Crippen molar-refractivity contribution in [1.82, 2.24) is 9.78 Å². The highest BCUT2D eigenvalue weighted by molar-refractivity contribution is 6.03. The fourth-order valence-corrected chi connectivity index (χ4v) is 4.15. The lowest BCUT2D eigenvalue weighted by Gasteiger charge is -2.24. The van der Waals surface area contributed by atoms with Crippen molar-refractivity contribution in [2.24, 2.45) is 5.92 Å². The molecule has 2 aliphatic rings. The fourth-order valence-electron chi connectivity index (χ4n) is 4.15. The average Bonchev–Trinajstić information content (AvgIpc) is 3.35. The van der Waals surface area contributed by atoms with E-state index in [4.69, 9.17) is 4.74 Å². The number of amides is 2. The summed E-state index contributed by atoms with van der Waals surface area (Å²) in [7, 11) is 1.61. The third kappa shape index (κ3) is 3.74. The number of benzene rings is 1. The van der Waals surface area contributed by atoms with Crippen molar-refractivity contribution in [2.45, 2.75) is 44.6 Å². The summed E-state index contributed by atoms with van der Waals surface area (Å²) in [5.41, 5.74) is 0.786. The number of carbonyl (C=O) groups excluding carboxylic acids is 2. The van der Waals surface area contributed by atoms with Gasteiger partial charge in [0.25, 0.3) is 0 Å². The Balaban J connectivity index is 1.42. The first kappa shape index (κ1) is 18.5. The van der Waals surface area contributed by atoms with Crippen molar-refractivity contribution in [3.05, 3.63) is 36.5 Å². The first-order chi connectivity index (χ1) is 13.7. The molecule has 7 nitrogen and oxygen atoms in total. The van der Waals surface area contributed by atoms with Crippen LogP contribution in [0, 0.1) is 5.92 Å². The van der Waals surface area contributed by atoms with Gasteiger partial charge in [0.1, 0.15) is 11.6 Å². The predicted molar refractivity (Wildman–Crippen MR) is 106 cm³/mol. The number of rotatable bonds is 5. The Morgan fingerprint density at radius 3 is 2.61 bits per heavy atom. The van der Waals surface area contributed by atoms with Crippen LogP contribution in [0.4, 0.5) is 11.5 Å². The van der Waals surface area contributed by atoms with Crippen molar-refractivity contribution in [3.63, 3.8) is 0 Å². The standard InChI is InChI=1S/C21H26N4O3/c1-28-18-9-7-16(8-10-18)24-14-15(13-20(24)26)21(27)23-19-11-12-22-25(19)17-5-3-2-4-6-17/h7-12,15,17H,2-6,13-14H2,1H3,(H,23,27). The van der Waals surface area contributed by atoms with Crippen molar-refractivity contribution >= 4 is 23.3 Å². The van der Waals surface area contributed by atoms with E-state index >= 15 is 0 Å². The molecule has 4 rings (SSSR count). The second-order valence-electron chi connectivity index (χ2n) is 7.55. The second kappa shape index (κ2) is 8.04. The van der Waals surface area contributed by atoms with Crippen LogP contribution in [0.2, 0.25) is 0 Å². The zero-order chi connectivity index (χ0) is 19.5. The zero-order valence-corrected chi connectivity index (χ0v) is 16.1. The molecule has 1 aliphatic carbocycles. The summed E-state index contributed by atoms with van der Waals surface area (Å²) in [5, 5.41) is 7.43. The highest BCUT2D eigenvalue weighted by Gasteiger charge is 2.35. The maximum atomic E-state index is 12.8. The summed E-state index contributed by atoms with van der Waals surface area (Å²) in [6.07, 6.45) is 7.81. The summed E-state index contributed by atoms with van der Waals surface area (Å²) in [4.78, 5) is 26.9. The normalized spacial score (nSPS) is 20.4. The van der Waals surface area contributed by atoms with E-state index in [9.17, 15) is 9.59 Å². The van der Waals surface area contributed by atoms with Crippen molar-refractivity contribution in [3.8, 4) is 5.75 Å². The molecule has 2 fully saturated rings. The fraction of sp³-hybridized carbons (Fsp3) is 0.476. The molecule has 1 aliphatic heterocycles. The number of anilines is 2. The number of nitrogens with one attached hydrogen (secondary N) is 1. The lowest BCUT2D eigenvalue weighted by atomic mass is 9.96. The molecule has 0 spiro atoms. The third-order valence-electron chi connectivity index (χ3n) is 5.72. The molecule has 2 heterocycles. The SMILES string of the molecule is COc1ccc(N2CC(C(=O)Nc3ccnn3C3CCCCC3)CC2=O)cc1. The molecule has 0 radical (unpaired) electrons. The Kier molecular flexibility index (Phi) is 5.32. The first-order valence-corrected chi connectivity index (χ1v) is 9.94. The van der Waals surface area contributed by atoms with Gasteiger partial charge in [0.15, 0.2) is 0 Å². The summed E-state index contributed by atoms with van der Waals surface area (Å²) in [6, 6.07) is 9.51. The predicted octanol–water partition coefficient (Wildman–Crippen LogP) is 3.39. The molecule has 1 saturated heterocycles. The molecule has 0 bridgehead atoms. The van der Waals surface area contributed by atoms with Gasteiger partial charge < -0.3 is 15.0 Å². The van der Waals surface area contributed by atoms with Gasteiger partial charge in [-0.15, -0.1) is 0 Å². The molecular weight excluding hydrogens is 356 g/mol. The average molecular weight is 382 g/mol. The lowest BCUT2D eigenvalue weighted by Crippen LogP contribution is -2.29. The number of hydrogen-bond acceptors (Lipinski definition) is 4. The molecule has 148 valence electrons. The van der Waals surface area contributed by atoms with Gasteiger partial charge in [-0.25, -0.2) is 4.68 Å². The van der Waals surface area contributed by atoms with Crippen LogP contribution in [0.3, 0.4) is 0 Å². The molecule has 1 aromatic carbocycles. The van der Waals surface area contributed by atoms with E-state index in [-0.39, 0.29) is 24.2 Å². The van der Waals surface area contributed by atoms with Gasteiger partial charge in [0.05, 0.1) is 25.3 Å². The molecule has 1 atom stereocenters. The van der Waals surface area contributed by atoms with Crippen molar-refractivity contribution in [1.29, 1.82) is 0 Å². The Morgan fingerprint density at radius 2 is 1.89 bits per heavy atom. The maximum Gasteiger partial charge on any atom is 0.230 e. The molecule has 7 heteroatoms. The highest BCUT2D eigenvalue weighted by Crippen LogP contribution is 2.31. The lowest BCUT2D eigenvalue weighted by molar-refractivity contribution is -0.122. The largest absolute Gasteiger partial charge is 0.497 e. The summed E-state index contributed by atoms with van der Waals surface area (Å²) in [5.74, 6) is 0.935. The molecule has 1 unspecified atom stereocenters. The number of carbonyl (C=O) groups is 2. The topological polar surface area (TPSA) is 76.5 Å². The Labute approximate surface area is 164 Å². The Morgan fingerprint density at radius 1 is 1.14 bits per heavy atom. The molecule has 1 aromatic heterocycles. The van der Waals surface area contributed by atoms with Gasteiger partial charge in [-0.2, -0.15) is 5.10 Å². The van der Waals surface area contributed by atoms with E-state index in [0.29, 0.717) is 12.6 Å². The van der Waals surface area contributed by atoms with E-state index in [0.717, 1.165) is 30.1 Å². The van der Waals surface area contributed by atoms with Crippen LogP contribution < -0.4 is 15.0 Å². The quantitative estimate of drug-likeness (QED) is 0.860. The molecule has 28 heavy (non-hydrogen) atoms. The Hall–Kier alpha value is -2.83. The first-order valence-electron chi connectivity index (χ1n) is 9.94. The number of methoxy groups -OCH3 is 1. The van der Waals surface area contributed by atoms with Crippen LogP contribution in [0.1, 0.15) is 44.6 Å².